The van der Waals surface area contributed by atoms with Crippen LogP contribution in [0.25, 0.3) is 21.1 Å². The molecule has 6 nitrogen and oxygen atoms in total. The average molecular weight is 466 g/mol. The van der Waals surface area contributed by atoms with E-state index in [4.69, 9.17) is 11.6 Å². The Hall–Kier alpha value is -2.87. The number of benzene rings is 1. The standard InChI is InChI=1S/C24H24ClN5OS/c1-14(2)29-22(16-4-6-18(25)7-5-16)20-12-21(32-23(20)24-27-13-28-30-24)17-8-9-26-19(11-17)10-15(3)31/h4-9,11-14,22,29H,10H2,1-3H3,(H,27,28,30). The first-order chi connectivity index (χ1) is 15.4. The Balaban J connectivity index is 1.84. The second kappa shape index (κ2) is 9.73. The van der Waals surface area contributed by atoms with E-state index in [0.717, 1.165) is 38.0 Å². The molecule has 164 valence electrons. The van der Waals surface area contributed by atoms with Crippen LogP contribution >= 0.6 is 22.9 Å². The van der Waals surface area contributed by atoms with Crippen molar-refractivity contribution in [3.05, 3.63) is 76.8 Å². The summed E-state index contributed by atoms with van der Waals surface area (Å²) in [4.78, 5) is 22.4. The zero-order chi connectivity index (χ0) is 22.7. The highest BCUT2D eigenvalue weighted by molar-refractivity contribution is 7.19. The van der Waals surface area contributed by atoms with Crippen LogP contribution in [-0.4, -0.2) is 32.0 Å². The minimum atomic E-state index is -0.0594. The third kappa shape index (κ3) is 5.12. The van der Waals surface area contributed by atoms with E-state index in [-0.39, 0.29) is 17.9 Å². The maximum Gasteiger partial charge on any atom is 0.165 e. The highest BCUT2D eigenvalue weighted by atomic mass is 35.5. The summed E-state index contributed by atoms with van der Waals surface area (Å²) in [5.74, 6) is 0.812. The molecule has 0 amide bonds. The topological polar surface area (TPSA) is 83.6 Å². The Morgan fingerprint density at radius 2 is 1.94 bits per heavy atom. The Labute approximate surface area is 196 Å². The molecule has 1 atom stereocenters. The summed E-state index contributed by atoms with van der Waals surface area (Å²) in [5.41, 5.74) is 4.00. The van der Waals surface area contributed by atoms with Crippen LogP contribution in [0.1, 0.15) is 43.6 Å². The van der Waals surface area contributed by atoms with Crippen molar-refractivity contribution in [2.45, 2.75) is 39.3 Å². The predicted octanol–water partition coefficient (Wildman–Crippen LogP) is 5.47. The quantitative estimate of drug-likeness (QED) is 0.360. The van der Waals surface area contributed by atoms with E-state index >= 15 is 0 Å². The fourth-order valence-electron chi connectivity index (χ4n) is 3.60. The van der Waals surface area contributed by atoms with Crippen molar-refractivity contribution in [1.29, 1.82) is 0 Å². The number of carbonyl (C=O) groups excluding carboxylic acids is 1. The van der Waals surface area contributed by atoms with Crippen LogP contribution < -0.4 is 5.32 Å². The molecule has 4 rings (SSSR count). The zero-order valence-electron chi connectivity index (χ0n) is 18.1. The Morgan fingerprint density at radius 1 is 1.16 bits per heavy atom. The molecule has 0 bridgehead atoms. The van der Waals surface area contributed by atoms with Gasteiger partial charge in [-0.15, -0.1) is 11.3 Å². The number of aromatic nitrogens is 4. The van der Waals surface area contributed by atoms with Crippen molar-refractivity contribution < 1.29 is 4.79 Å². The van der Waals surface area contributed by atoms with Crippen LogP contribution in [0.5, 0.6) is 0 Å². The largest absolute Gasteiger partial charge is 0.304 e. The molecule has 0 radical (unpaired) electrons. The molecule has 8 heteroatoms. The highest BCUT2D eigenvalue weighted by Crippen LogP contribution is 2.41. The molecule has 0 saturated carbocycles. The predicted molar refractivity (Wildman–Crippen MR) is 129 cm³/mol. The molecule has 32 heavy (non-hydrogen) atoms. The first-order valence-corrected chi connectivity index (χ1v) is 11.6. The number of carbonyl (C=O) groups is 1. The number of hydrogen-bond donors (Lipinski definition) is 2. The average Bonchev–Trinajstić information content (AvgIpc) is 3.42. The molecule has 1 aromatic carbocycles. The number of rotatable bonds is 8. The number of Topliss-reactive ketones (excluding diaryl/α,β-unsaturated/α-hetero) is 1. The van der Waals surface area contributed by atoms with Gasteiger partial charge in [0.25, 0.3) is 0 Å². The number of thiophene rings is 1. The summed E-state index contributed by atoms with van der Waals surface area (Å²) in [6.45, 7) is 5.83. The van der Waals surface area contributed by atoms with Crippen LogP contribution in [0.4, 0.5) is 0 Å². The number of nitrogens with zero attached hydrogens (tertiary/aromatic N) is 3. The lowest BCUT2D eigenvalue weighted by Crippen LogP contribution is -2.29. The van der Waals surface area contributed by atoms with Gasteiger partial charge in [0.15, 0.2) is 5.82 Å². The molecular formula is C24H24ClN5OS. The number of aromatic amines is 1. The third-order valence-corrected chi connectivity index (χ3v) is 6.40. The maximum absolute atomic E-state index is 11.6. The van der Waals surface area contributed by atoms with Gasteiger partial charge >= 0.3 is 0 Å². The normalized spacial score (nSPS) is 12.3. The molecule has 3 aromatic heterocycles. The first kappa shape index (κ1) is 22.3. The fourth-order valence-corrected chi connectivity index (χ4v) is 4.87. The lowest BCUT2D eigenvalue weighted by molar-refractivity contribution is -0.116. The molecule has 0 aliphatic carbocycles. The van der Waals surface area contributed by atoms with E-state index in [0.29, 0.717) is 11.4 Å². The Morgan fingerprint density at radius 3 is 2.59 bits per heavy atom. The number of pyridine rings is 1. The van der Waals surface area contributed by atoms with Gasteiger partial charge in [-0.2, -0.15) is 5.10 Å². The van der Waals surface area contributed by atoms with E-state index in [1.54, 1.807) is 24.5 Å². The Kier molecular flexibility index (Phi) is 6.79. The van der Waals surface area contributed by atoms with Gasteiger partial charge in [0.05, 0.1) is 10.9 Å². The molecule has 0 aliphatic heterocycles. The molecule has 2 N–H and O–H groups in total. The number of ketones is 1. The lowest BCUT2D eigenvalue weighted by atomic mass is 9.97. The van der Waals surface area contributed by atoms with E-state index in [9.17, 15) is 4.79 Å². The number of hydrogen-bond acceptors (Lipinski definition) is 6. The van der Waals surface area contributed by atoms with Gasteiger partial charge in [0, 0.05) is 34.3 Å². The number of H-pyrrole nitrogens is 1. The van der Waals surface area contributed by atoms with Crippen molar-refractivity contribution >= 4 is 28.7 Å². The van der Waals surface area contributed by atoms with Gasteiger partial charge in [-0.3, -0.25) is 14.9 Å². The van der Waals surface area contributed by atoms with Crippen molar-refractivity contribution in [3.63, 3.8) is 0 Å². The lowest BCUT2D eigenvalue weighted by Gasteiger charge is -2.22. The van der Waals surface area contributed by atoms with Crippen LogP contribution in [0.3, 0.4) is 0 Å². The summed E-state index contributed by atoms with van der Waals surface area (Å²) in [5, 5.41) is 11.4. The summed E-state index contributed by atoms with van der Waals surface area (Å²) in [6, 6.07) is 14.2. The van der Waals surface area contributed by atoms with Gasteiger partial charge in [-0.25, -0.2) is 4.98 Å². The summed E-state index contributed by atoms with van der Waals surface area (Å²) in [6.07, 6.45) is 3.59. The maximum atomic E-state index is 11.6. The van der Waals surface area contributed by atoms with Crippen molar-refractivity contribution in [3.8, 4) is 21.1 Å². The smallest absolute Gasteiger partial charge is 0.165 e. The van der Waals surface area contributed by atoms with Gasteiger partial charge in [-0.1, -0.05) is 23.7 Å². The first-order valence-electron chi connectivity index (χ1n) is 10.4. The second-order valence-corrected chi connectivity index (χ2v) is 9.44. The van der Waals surface area contributed by atoms with Gasteiger partial charge in [0.2, 0.25) is 0 Å². The Bertz CT molecular complexity index is 1200. The minimum absolute atomic E-state index is 0.0594. The zero-order valence-corrected chi connectivity index (χ0v) is 19.7. The molecule has 0 saturated heterocycles. The molecule has 0 aliphatic rings. The van der Waals surface area contributed by atoms with Crippen LogP contribution in [0.2, 0.25) is 5.02 Å². The van der Waals surface area contributed by atoms with Gasteiger partial charge < -0.3 is 5.32 Å². The number of halogens is 1. The van der Waals surface area contributed by atoms with E-state index in [2.05, 4.69) is 45.4 Å². The van der Waals surface area contributed by atoms with Gasteiger partial charge in [-0.05, 0) is 67.8 Å². The van der Waals surface area contributed by atoms with Crippen molar-refractivity contribution in [2.24, 2.45) is 0 Å². The second-order valence-electron chi connectivity index (χ2n) is 7.95. The van der Waals surface area contributed by atoms with Crippen molar-refractivity contribution in [2.75, 3.05) is 0 Å². The van der Waals surface area contributed by atoms with E-state index < -0.39 is 0 Å². The summed E-state index contributed by atoms with van der Waals surface area (Å²) < 4.78 is 0. The van der Waals surface area contributed by atoms with Crippen LogP contribution in [-0.2, 0) is 11.2 Å². The summed E-state index contributed by atoms with van der Waals surface area (Å²) >= 11 is 7.78. The SMILES string of the molecule is CC(=O)Cc1cc(-c2cc(C(NC(C)C)c3ccc(Cl)cc3)c(-c3ncn[nH]3)s2)ccn1. The minimum Gasteiger partial charge on any atom is -0.304 e. The molecule has 4 aromatic rings. The van der Waals surface area contributed by atoms with E-state index in [1.807, 2.05) is 36.4 Å². The highest BCUT2D eigenvalue weighted by Gasteiger charge is 2.24. The fraction of sp³-hybridized carbons (Fsp3) is 0.250. The monoisotopic (exact) mass is 465 g/mol. The summed E-state index contributed by atoms with van der Waals surface area (Å²) in [7, 11) is 0. The molecule has 0 fully saturated rings. The van der Waals surface area contributed by atoms with Crippen LogP contribution in [0, 0.1) is 0 Å². The molecule has 0 spiro atoms. The molecule has 3 heterocycles. The van der Waals surface area contributed by atoms with Crippen molar-refractivity contribution in [1.82, 2.24) is 25.5 Å². The molecular weight excluding hydrogens is 442 g/mol. The molecule has 1 unspecified atom stereocenters. The third-order valence-electron chi connectivity index (χ3n) is 4.94. The van der Waals surface area contributed by atoms with Gasteiger partial charge in [0.1, 0.15) is 12.1 Å². The van der Waals surface area contributed by atoms with E-state index in [1.165, 1.54) is 6.33 Å². The van der Waals surface area contributed by atoms with Crippen LogP contribution in [0.15, 0.2) is 55.0 Å². The number of nitrogens with one attached hydrogen (secondary N) is 2.